The molecule has 2 rings (SSSR count). The fourth-order valence-electron chi connectivity index (χ4n) is 2.10. The van der Waals surface area contributed by atoms with E-state index in [0.717, 1.165) is 6.42 Å². The molecule has 56 valence electrons. The molecule has 10 heavy (non-hydrogen) atoms. The van der Waals surface area contributed by atoms with Crippen LogP contribution in [0.15, 0.2) is 0 Å². The van der Waals surface area contributed by atoms with E-state index >= 15 is 0 Å². The highest BCUT2D eigenvalue weighted by Gasteiger charge is 2.55. The largest absolute Gasteiger partial charge is 0.481 e. The number of carboxylic acid groups (broad SMARTS) is 1. The van der Waals surface area contributed by atoms with Crippen LogP contribution in [-0.4, -0.2) is 11.1 Å². The average Bonchev–Trinajstić information content (AvgIpc) is 2.59. The zero-order valence-corrected chi connectivity index (χ0v) is 5.97. The number of carbonyl (C=O) groups is 1. The Bertz CT molecular complexity index is 170. The molecule has 2 saturated carbocycles. The van der Waals surface area contributed by atoms with Crippen LogP contribution in [0.4, 0.5) is 0 Å². The topological polar surface area (TPSA) is 37.3 Å². The van der Waals surface area contributed by atoms with Gasteiger partial charge in [-0.15, -0.1) is 0 Å². The van der Waals surface area contributed by atoms with E-state index in [1.54, 1.807) is 0 Å². The Balaban J connectivity index is 1.89. The monoisotopic (exact) mass is 140 g/mol. The van der Waals surface area contributed by atoms with Crippen LogP contribution >= 0.6 is 0 Å². The predicted octanol–water partition coefficient (Wildman–Crippen LogP) is 1.65. The summed E-state index contributed by atoms with van der Waals surface area (Å²) in [6.07, 6.45) is 5.47. The van der Waals surface area contributed by atoms with Gasteiger partial charge in [0.15, 0.2) is 0 Å². The quantitative estimate of drug-likeness (QED) is 0.633. The van der Waals surface area contributed by atoms with Gasteiger partial charge in [0.2, 0.25) is 0 Å². The molecule has 2 fully saturated rings. The summed E-state index contributed by atoms with van der Waals surface area (Å²) in [6, 6.07) is 0. The van der Waals surface area contributed by atoms with Crippen molar-refractivity contribution in [2.45, 2.75) is 32.1 Å². The van der Waals surface area contributed by atoms with Crippen LogP contribution in [0.3, 0.4) is 0 Å². The van der Waals surface area contributed by atoms with Crippen molar-refractivity contribution in [3.05, 3.63) is 0 Å². The highest BCUT2D eigenvalue weighted by molar-refractivity contribution is 5.67. The fraction of sp³-hybridized carbons (Fsp3) is 0.875. The van der Waals surface area contributed by atoms with E-state index in [9.17, 15) is 4.79 Å². The van der Waals surface area contributed by atoms with Crippen molar-refractivity contribution in [1.82, 2.24) is 0 Å². The van der Waals surface area contributed by atoms with Crippen molar-refractivity contribution in [3.63, 3.8) is 0 Å². The van der Waals surface area contributed by atoms with Gasteiger partial charge in [0.05, 0.1) is 0 Å². The van der Waals surface area contributed by atoms with Gasteiger partial charge in [-0.05, 0) is 37.0 Å². The summed E-state index contributed by atoms with van der Waals surface area (Å²) in [5.74, 6) is -0.0824. The standard InChI is InChI=1S/C8H12O2/c9-7(10)5-6-1-2-8(6)3-4-8/h6H,1-5H2,(H,9,10). The van der Waals surface area contributed by atoms with Crippen molar-refractivity contribution in [3.8, 4) is 0 Å². The van der Waals surface area contributed by atoms with Crippen molar-refractivity contribution in [1.29, 1.82) is 0 Å². The SMILES string of the molecule is O=C(O)CC1CCC12CC2. The van der Waals surface area contributed by atoms with Gasteiger partial charge < -0.3 is 5.11 Å². The first-order chi connectivity index (χ1) is 4.73. The second-order valence-corrected chi connectivity index (χ2v) is 3.70. The number of hydrogen-bond donors (Lipinski definition) is 1. The van der Waals surface area contributed by atoms with Gasteiger partial charge in [0.1, 0.15) is 0 Å². The summed E-state index contributed by atoms with van der Waals surface area (Å²) in [4.78, 5) is 10.3. The third kappa shape index (κ3) is 0.746. The first kappa shape index (κ1) is 6.20. The zero-order valence-electron chi connectivity index (χ0n) is 5.97. The van der Waals surface area contributed by atoms with Crippen LogP contribution in [0.5, 0.6) is 0 Å². The minimum absolute atomic E-state index is 0.417. The highest BCUT2D eigenvalue weighted by atomic mass is 16.4. The van der Waals surface area contributed by atoms with E-state index in [-0.39, 0.29) is 0 Å². The van der Waals surface area contributed by atoms with E-state index in [1.807, 2.05) is 0 Å². The van der Waals surface area contributed by atoms with Crippen molar-refractivity contribution >= 4 is 5.97 Å². The summed E-state index contributed by atoms with van der Waals surface area (Å²) in [5.41, 5.74) is 0.540. The normalized spacial score (nSPS) is 33.4. The molecule has 2 aliphatic carbocycles. The molecule has 2 heteroatoms. The van der Waals surface area contributed by atoms with E-state index in [4.69, 9.17) is 5.11 Å². The molecule has 0 amide bonds. The molecule has 2 aliphatic rings. The van der Waals surface area contributed by atoms with Crippen molar-refractivity contribution in [2.75, 3.05) is 0 Å². The molecule has 1 atom stereocenters. The molecule has 0 aromatic carbocycles. The van der Waals surface area contributed by atoms with E-state index in [1.165, 1.54) is 19.3 Å². The van der Waals surface area contributed by atoms with E-state index in [2.05, 4.69) is 0 Å². The molecule has 0 heterocycles. The smallest absolute Gasteiger partial charge is 0.303 e. The molecule has 1 unspecified atom stereocenters. The zero-order chi connectivity index (χ0) is 7.19. The number of carboxylic acids is 1. The molecular formula is C8H12O2. The Morgan fingerprint density at radius 1 is 1.50 bits per heavy atom. The Labute approximate surface area is 60.2 Å². The molecule has 0 aromatic heterocycles. The maximum Gasteiger partial charge on any atom is 0.303 e. The third-order valence-electron chi connectivity index (χ3n) is 3.17. The van der Waals surface area contributed by atoms with Crippen LogP contribution < -0.4 is 0 Å². The van der Waals surface area contributed by atoms with Crippen LogP contribution in [-0.2, 0) is 4.79 Å². The molecule has 0 radical (unpaired) electrons. The minimum atomic E-state index is -0.615. The average molecular weight is 140 g/mol. The number of rotatable bonds is 2. The second-order valence-electron chi connectivity index (χ2n) is 3.70. The number of aliphatic carboxylic acids is 1. The first-order valence-electron chi connectivity index (χ1n) is 3.95. The summed E-state index contributed by atoms with van der Waals surface area (Å²) in [5, 5.41) is 8.51. The summed E-state index contributed by atoms with van der Waals surface area (Å²) < 4.78 is 0. The van der Waals surface area contributed by atoms with Crippen molar-refractivity contribution in [2.24, 2.45) is 11.3 Å². The first-order valence-corrected chi connectivity index (χ1v) is 3.95. The Morgan fingerprint density at radius 3 is 2.50 bits per heavy atom. The predicted molar refractivity (Wildman–Crippen MR) is 36.6 cm³/mol. The molecule has 1 spiro atoms. The van der Waals surface area contributed by atoms with Crippen LogP contribution in [0.25, 0.3) is 0 Å². The Hall–Kier alpha value is -0.530. The summed E-state index contributed by atoms with van der Waals surface area (Å²) in [6.45, 7) is 0. The lowest BCUT2D eigenvalue weighted by atomic mass is 9.69. The molecule has 0 saturated heterocycles. The lowest BCUT2D eigenvalue weighted by Gasteiger charge is -2.36. The highest BCUT2D eigenvalue weighted by Crippen LogP contribution is 2.65. The summed E-state index contributed by atoms with van der Waals surface area (Å²) >= 11 is 0. The van der Waals surface area contributed by atoms with Gasteiger partial charge in [0, 0.05) is 6.42 Å². The molecule has 1 N–H and O–H groups in total. The van der Waals surface area contributed by atoms with Gasteiger partial charge in [0.25, 0.3) is 0 Å². The molecule has 0 aliphatic heterocycles. The fourth-order valence-corrected chi connectivity index (χ4v) is 2.10. The van der Waals surface area contributed by atoms with E-state index < -0.39 is 5.97 Å². The van der Waals surface area contributed by atoms with Gasteiger partial charge in [-0.25, -0.2) is 0 Å². The van der Waals surface area contributed by atoms with E-state index in [0.29, 0.717) is 17.8 Å². The third-order valence-corrected chi connectivity index (χ3v) is 3.17. The number of hydrogen-bond acceptors (Lipinski definition) is 1. The Kier molecular flexibility index (Phi) is 1.08. The van der Waals surface area contributed by atoms with Gasteiger partial charge in [-0.1, -0.05) is 0 Å². The maximum atomic E-state index is 10.3. The van der Waals surface area contributed by atoms with Gasteiger partial charge in [-0.3, -0.25) is 4.79 Å². The van der Waals surface area contributed by atoms with Gasteiger partial charge in [-0.2, -0.15) is 0 Å². The molecule has 0 bridgehead atoms. The molecular weight excluding hydrogens is 128 g/mol. The molecule has 0 aromatic rings. The van der Waals surface area contributed by atoms with Crippen molar-refractivity contribution < 1.29 is 9.90 Å². The minimum Gasteiger partial charge on any atom is -0.481 e. The second kappa shape index (κ2) is 1.74. The van der Waals surface area contributed by atoms with Crippen LogP contribution in [0.2, 0.25) is 0 Å². The van der Waals surface area contributed by atoms with Gasteiger partial charge >= 0.3 is 5.97 Å². The van der Waals surface area contributed by atoms with Crippen LogP contribution in [0, 0.1) is 11.3 Å². The lowest BCUT2D eigenvalue weighted by molar-refractivity contribution is -0.139. The lowest BCUT2D eigenvalue weighted by Crippen LogP contribution is -2.29. The Morgan fingerprint density at radius 2 is 2.20 bits per heavy atom. The molecule has 2 nitrogen and oxygen atoms in total. The summed E-state index contributed by atoms with van der Waals surface area (Å²) in [7, 11) is 0. The maximum absolute atomic E-state index is 10.3. The van der Waals surface area contributed by atoms with Crippen LogP contribution in [0.1, 0.15) is 32.1 Å².